The van der Waals surface area contributed by atoms with Crippen LogP contribution in [-0.4, -0.2) is 57.2 Å². The van der Waals surface area contributed by atoms with Crippen molar-refractivity contribution in [2.75, 3.05) is 18.8 Å². The second-order valence-corrected chi connectivity index (χ2v) is 7.09. The minimum absolute atomic E-state index is 0.0568. The Morgan fingerprint density at radius 3 is 2.53 bits per heavy atom. The van der Waals surface area contributed by atoms with E-state index in [1.807, 2.05) is 4.90 Å². The molecular weight excluding hydrogens is 264 g/mol. The van der Waals surface area contributed by atoms with E-state index in [9.17, 15) is 14.7 Å². The molecule has 0 spiro atoms. The molecule has 2 saturated heterocycles. The molecule has 3 aliphatic rings. The van der Waals surface area contributed by atoms with E-state index in [-0.39, 0.29) is 11.4 Å². The van der Waals surface area contributed by atoms with E-state index in [1.54, 1.807) is 16.7 Å². The van der Waals surface area contributed by atoms with Crippen LogP contribution in [0.3, 0.4) is 0 Å². The van der Waals surface area contributed by atoms with Crippen molar-refractivity contribution in [2.24, 2.45) is 11.8 Å². The van der Waals surface area contributed by atoms with Crippen molar-refractivity contribution in [3.05, 3.63) is 0 Å². The SMILES string of the molecule is CC1CCN(C(=O)N2C(C(=O)O)CSC2C2CC2)C1. The fourth-order valence-electron chi connectivity index (χ4n) is 2.98. The number of aliphatic carboxylic acids is 1. The fourth-order valence-corrected chi connectivity index (χ4v) is 4.60. The van der Waals surface area contributed by atoms with Gasteiger partial charge in [0.25, 0.3) is 0 Å². The Hall–Kier alpha value is -0.910. The van der Waals surface area contributed by atoms with Gasteiger partial charge in [-0.3, -0.25) is 4.90 Å². The molecule has 2 amide bonds. The zero-order valence-electron chi connectivity index (χ0n) is 11.1. The normalized spacial score (nSPS) is 34.9. The summed E-state index contributed by atoms with van der Waals surface area (Å²) in [5.74, 6) is 0.711. The van der Waals surface area contributed by atoms with E-state index >= 15 is 0 Å². The van der Waals surface area contributed by atoms with Crippen molar-refractivity contribution < 1.29 is 14.7 Å². The summed E-state index contributed by atoms with van der Waals surface area (Å²) in [7, 11) is 0. The molecule has 2 heterocycles. The third-order valence-electron chi connectivity index (χ3n) is 4.26. The Morgan fingerprint density at radius 1 is 1.26 bits per heavy atom. The highest BCUT2D eigenvalue weighted by atomic mass is 32.2. The summed E-state index contributed by atoms with van der Waals surface area (Å²) in [6, 6.07) is -0.697. The van der Waals surface area contributed by atoms with E-state index in [0.29, 0.717) is 17.6 Å². The Labute approximate surface area is 117 Å². The monoisotopic (exact) mass is 284 g/mol. The number of urea groups is 1. The average Bonchev–Trinajstić information content (AvgIpc) is 2.96. The van der Waals surface area contributed by atoms with Gasteiger partial charge in [0.15, 0.2) is 0 Å². The van der Waals surface area contributed by atoms with Gasteiger partial charge in [-0.2, -0.15) is 0 Å². The van der Waals surface area contributed by atoms with E-state index in [1.165, 1.54) is 0 Å². The molecule has 1 saturated carbocycles. The van der Waals surface area contributed by atoms with E-state index in [2.05, 4.69) is 6.92 Å². The van der Waals surface area contributed by atoms with E-state index < -0.39 is 12.0 Å². The Bertz CT molecular complexity index is 399. The quantitative estimate of drug-likeness (QED) is 0.838. The summed E-state index contributed by atoms with van der Waals surface area (Å²) < 4.78 is 0. The lowest BCUT2D eigenvalue weighted by Crippen LogP contribution is -2.51. The summed E-state index contributed by atoms with van der Waals surface area (Å²) in [4.78, 5) is 27.5. The van der Waals surface area contributed by atoms with Crippen molar-refractivity contribution in [1.29, 1.82) is 0 Å². The lowest BCUT2D eigenvalue weighted by molar-refractivity contribution is -0.141. The maximum Gasteiger partial charge on any atom is 0.327 e. The lowest BCUT2D eigenvalue weighted by Gasteiger charge is -2.31. The van der Waals surface area contributed by atoms with Gasteiger partial charge in [0, 0.05) is 18.8 Å². The number of carboxylic acids is 1. The Kier molecular flexibility index (Phi) is 3.37. The fraction of sp³-hybridized carbons (Fsp3) is 0.846. The molecule has 1 N–H and O–H groups in total. The molecular formula is C13H20N2O3S. The summed E-state index contributed by atoms with van der Waals surface area (Å²) in [5.41, 5.74) is 0. The number of hydrogen-bond donors (Lipinski definition) is 1. The standard InChI is InChI=1S/C13H20N2O3S/c1-8-4-5-14(6-8)13(18)15-10(12(16)17)7-19-11(15)9-2-3-9/h8-11H,2-7H2,1H3,(H,16,17). The summed E-state index contributed by atoms with van der Waals surface area (Å²) in [6.45, 7) is 3.67. The third kappa shape index (κ3) is 2.42. The number of likely N-dealkylation sites (tertiary alicyclic amines) is 1. The number of rotatable bonds is 2. The first kappa shape index (κ1) is 13.1. The largest absolute Gasteiger partial charge is 0.480 e. The molecule has 6 heteroatoms. The molecule has 0 aromatic heterocycles. The Balaban J connectivity index is 1.77. The van der Waals surface area contributed by atoms with Crippen LogP contribution in [-0.2, 0) is 4.79 Å². The first-order valence-electron chi connectivity index (χ1n) is 6.99. The van der Waals surface area contributed by atoms with Gasteiger partial charge in [0.05, 0.1) is 5.37 Å². The van der Waals surface area contributed by atoms with Gasteiger partial charge in [-0.1, -0.05) is 6.92 Å². The number of carbonyl (C=O) groups is 2. The lowest BCUT2D eigenvalue weighted by atomic mass is 10.2. The molecule has 0 bridgehead atoms. The number of thioether (sulfide) groups is 1. The van der Waals surface area contributed by atoms with E-state index in [0.717, 1.165) is 32.4 Å². The van der Waals surface area contributed by atoms with Gasteiger partial charge in [-0.15, -0.1) is 11.8 Å². The average molecular weight is 284 g/mol. The van der Waals surface area contributed by atoms with Crippen LogP contribution in [0.5, 0.6) is 0 Å². The van der Waals surface area contributed by atoms with Gasteiger partial charge in [0.2, 0.25) is 0 Å². The molecule has 3 atom stereocenters. The highest BCUT2D eigenvalue weighted by molar-refractivity contribution is 8.00. The molecule has 0 radical (unpaired) electrons. The van der Waals surface area contributed by atoms with E-state index in [4.69, 9.17) is 0 Å². The topological polar surface area (TPSA) is 60.9 Å². The van der Waals surface area contributed by atoms with Gasteiger partial charge in [-0.25, -0.2) is 9.59 Å². The van der Waals surface area contributed by atoms with Crippen LogP contribution in [0.2, 0.25) is 0 Å². The second-order valence-electron chi connectivity index (χ2n) is 5.95. The van der Waals surface area contributed by atoms with Crippen LogP contribution >= 0.6 is 11.8 Å². The minimum Gasteiger partial charge on any atom is -0.480 e. The molecule has 0 aromatic carbocycles. The zero-order valence-corrected chi connectivity index (χ0v) is 11.9. The van der Waals surface area contributed by atoms with Crippen LogP contribution in [0.1, 0.15) is 26.2 Å². The number of nitrogens with zero attached hydrogens (tertiary/aromatic N) is 2. The van der Waals surface area contributed by atoms with Crippen LogP contribution in [0.4, 0.5) is 4.79 Å². The summed E-state index contributed by atoms with van der Waals surface area (Å²) >= 11 is 1.64. The molecule has 3 fully saturated rings. The van der Waals surface area contributed by atoms with Crippen molar-refractivity contribution in [1.82, 2.24) is 9.80 Å². The molecule has 1 aliphatic carbocycles. The smallest absolute Gasteiger partial charge is 0.327 e. The molecule has 106 valence electrons. The number of carboxylic acid groups (broad SMARTS) is 1. The van der Waals surface area contributed by atoms with Crippen molar-refractivity contribution in [3.8, 4) is 0 Å². The maximum atomic E-state index is 12.6. The van der Waals surface area contributed by atoms with Crippen LogP contribution in [0.25, 0.3) is 0 Å². The maximum absolute atomic E-state index is 12.6. The van der Waals surface area contributed by atoms with Gasteiger partial charge in [-0.05, 0) is 31.1 Å². The summed E-state index contributed by atoms with van der Waals surface area (Å²) in [6.07, 6.45) is 3.28. The zero-order chi connectivity index (χ0) is 13.6. The molecule has 3 rings (SSSR count). The van der Waals surface area contributed by atoms with Crippen molar-refractivity contribution >= 4 is 23.8 Å². The number of amides is 2. The van der Waals surface area contributed by atoms with Crippen LogP contribution in [0.15, 0.2) is 0 Å². The van der Waals surface area contributed by atoms with Crippen molar-refractivity contribution in [2.45, 2.75) is 37.6 Å². The minimum atomic E-state index is -0.865. The first-order valence-corrected chi connectivity index (χ1v) is 8.04. The van der Waals surface area contributed by atoms with Crippen LogP contribution in [0, 0.1) is 11.8 Å². The highest BCUT2D eigenvalue weighted by Crippen LogP contribution is 2.46. The number of carbonyl (C=O) groups excluding carboxylic acids is 1. The van der Waals surface area contributed by atoms with Crippen molar-refractivity contribution in [3.63, 3.8) is 0 Å². The molecule has 19 heavy (non-hydrogen) atoms. The number of hydrogen-bond acceptors (Lipinski definition) is 3. The van der Waals surface area contributed by atoms with Crippen LogP contribution < -0.4 is 0 Å². The summed E-state index contributed by atoms with van der Waals surface area (Å²) in [5, 5.41) is 9.41. The molecule has 0 aromatic rings. The highest BCUT2D eigenvalue weighted by Gasteiger charge is 2.49. The van der Waals surface area contributed by atoms with Gasteiger partial charge >= 0.3 is 12.0 Å². The Morgan fingerprint density at radius 2 is 2.00 bits per heavy atom. The van der Waals surface area contributed by atoms with Gasteiger partial charge in [0.1, 0.15) is 6.04 Å². The predicted molar refractivity (Wildman–Crippen MR) is 73.0 cm³/mol. The second kappa shape index (κ2) is 4.89. The first-order chi connectivity index (χ1) is 9.08. The third-order valence-corrected chi connectivity index (χ3v) is 5.72. The predicted octanol–water partition coefficient (Wildman–Crippen LogP) is 1.69. The molecule has 2 aliphatic heterocycles. The molecule has 3 unspecified atom stereocenters. The molecule has 5 nitrogen and oxygen atoms in total. The van der Waals surface area contributed by atoms with Gasteiger partial charge < -0.3 is 10.0 Å².